The maximum Gasteiger partial charge on any atom is 0.317 e. The van der Waals surface area contributed by atoms with Crippen LogP contribution in [-0.2, 0) is 4.79 Å². The van der Waals surface area contributed by atoms with Crippen molar-refractivity contribution in [3.8, 4) is 6.07 Å². The van der Waals surface area contributed by atoms with Gasteiger partial charge in [-0.2, -0.15) is 5.26 Å². The highest BCUT2D eigenvalue weighted by atomic mass is 16.2. The van der Waals surface area contributed by atoms with Gasteiger partial charge in [0.05, 0.1) is 5.57 Å². The SMILES string of the molecule is C=C1C=C2[C@@]3(C)C=C(C#N)C(=O)C(C)(C)[C@@H]3CC[C@@]2(C)[C@]2(C)CC[C@@]3(NC(=O)N4CCCCC4)CC[C@H](C)CC3C12. The number of allylic oxidation sites excluding steroid dienone is 5. The molecule has 5 heteroatoms. The minimum Gasteiger partial charge on any atom is -0.332 e. The van der Waals surface area contributed by atoms with Crippen LogP contribution in [0.5, 0.6) is 0 Å². The third kappa shape index (κ3) is 3.84. The first-order valence-electron chi connectivity index (χ1n) is 16.4. The Balaban J connectivity index is 1.43. The molecule has 0 aromatic rings. The van der Waals surface area contributed by atoms with Crippen molar-refractivity contribution < 1.29 is 9.59 Å². The van der Waals surface area contributed by atoms with E-state index in [-0.39, 0.29) is 39.5 Å². The molecule has 6 rings (SSSR count). The summed E-state index contributed by atoms with van der Waals surface area (Å²) >= 11 is 0. The predicted octanol–water partition coefficient (Wildman–Crippen LogP) is 7.75. The summed E-state index contributed by atoms with van der Waals surface area (Å²) in [5.41, 5.74) is 1.71. The number of rotatable bonds is 1. The molecule has 222 valence electrons. The number of ketones is 1. The van der Waals surface area contributed by atoms with Crippen molar-refractivity contribution in [2.45, 2.75) is 111 Å². The molecule has 8 atom stereocenters. The van der Waals surface area contributed by atoms with E-state index in [4.69, 9.17) is 6.58 Å². The molecule has 5 aliphatic carbocycles. The number of piperidine rings is 1. The summed E-state index contributed by atoms with van der Waals surface area (Å²) in [6.45, 7) is 20.3. The molecule has 1 saturated heterocycles. The van der Waals surface area contributed by atoms with Gasteiger partial charge in [-0.3, -0.25) is 4.79 Å². The molecule has 2 amide bonds. The van der Waals surface area contributed by atoms with Gasteiger partial charge in [-0.1, -0.05) is 71.4 Å². The zero-order valence-electron chi connectivity index (χ0n) is 26.4. The van der Waals surface area contributed by atoms with E-state index in [1.54, 1.807) is 0 Å². The molecule has 0 aromatic carbocycles. The number of amides is 2. The van der Waals surface area contributed by atoms with Crippen LogP contribution in [0, 0.1) is 56.7 Å². The van der Waals surface area contributed by atoms with E-state index in [0.717, 1.165) is 70.9 Å². The van der Waals surface area contributed by atoms with E-state index in [1.165, 1.54) is 17.6 Å². The highest BCUT2D eigenvalue weighted by Gasteiger charge is 2.68. The summed E-state index contributed by atoms with van der Waals surface area (Å²) in [5.74, 6) is 1.45. The van der Waals surface area contributed by atoms with E-state index < -0.39 is 5.41 Å². The fourth-order valence-corrected chi connectivity index (χ4v) is 11.3. The maximum atomic E-state index is 13.7. The van der Waals surface area contributed by atoms with E-state index in [9.17, 15) is 14.9 Å². The van der Waals surface area contributed by atoms with Crippen molar-refractivity contribution in [2.24, 2.45) is 45.3 Å². The average molecular weight is 558 g/mol. The molecule has 41 heavy (non-hydrogen) atoms. The Morgan fingerprint density at radius 3 is 2.44 bits per heavy atom. The largest absolute Gasteiger partial charge is 0.332 e. The normalized spacial score (nSPS) is 45.1. The van der Waals surface area contributed by atoms with Crippen molar-refractivity contribution in [3.63, 3.8) is 0 Å². The van der Waals surface area contributed by atoms with E-state index in [0.29, 0.717) is 23.3 Å². The molecule has 0 radical (unpaired) electrons. The quantitative estimate of drug-likeness (QED) is 0.358. The van der Waals surface area contributed by atoms with Gasteiger partial charge >= 0.3 is 6.03 Å². The number of nitrogens with zero attached hydrogens (tertiary/aromatic N) is 2. The van der Waals surface area contributed by atoms with Crippen molar-refractivity contribution in [2.75, 3.05) is 13.1 Å². The Kier molecular flexibility index (Phi) is 6.54. The molecular weight excluding hydrogens is 506 g/mol. The molecule has 5 nitrogen and oxygen atoms in total. The number of carbonyl (C=O) groups is 2. The second kappa shape index (κ2) is 9.32. The van der Waals surface area contributed by atoms with E-state index in [1.807, 2.05) is 6.08 Å². The summed E-state index contributed by atoms with van der Waals surface area (Å²) in [5, 5.41) is 13.7. The third-order valence-electron chi connectivity index (χ3n) is 13.7. The number of Topliss-reactive ketones (excluding diaryl/α,β-unsaturated/α-hetero) is 1. The molecule has 1 heterocycles. The average Bonchev–Trinajstić information content (AvgIpc) is 2.93. The minimum atomic E-state index is -0.574. The molecule has 0 spiro atoms. The second-order valence-electron chi connectivity index (χ2n) is 16.1. The van der Waals surface area contributed by atoms with Crippen LogP contribution in [0.3, 0.4) is 0 Å². The zero-order chi connectivity index (χ0) is 29.6. The molecule has 4 fully saturated rings. The maximum absolute atomic E-state index is 13.7. The highest BCUT2D eigenvalue weighted by Crippen LogP contribution is 2.74. The number of hydrogen-bond acceptors (Lipinski definition) is 3. The first-order valence-corrected chi connectivity index (χ1v) is 16.4. The standard InChI is InChI=1S/C36H51N3O2/c1-23-11-14-36(38-31(41)39-17-9-8-10-18-39)16-15-35(7)29(26(36)19-23)24(2)20-28-33(5)21-25(22-37)30(40)32(3,4)27(33)12-13-34(28,35)6/h20-21,23,26-27,29H,2,8-19H2,1,3-7H3,(H,38,41)/t23-,26?,27-,29?,33-,34+,35+,36-/m0/s1. The molecule has 1 aliphatic heterocycles. The first kappa shape index (κ1) is 28.8. The van der Waals surface area contributed by atoms with Gasteiger partial charge < -0.3 is 10.2 Å². The lowest BCUT2D eigenvalue weighted by atomic mass is 9.35. The summed E-state index contributed by atoms with van der Waals surface area (Å²) < 4.78 is 0. The van der Waals surface area contributed by atoms with Gasteiger partial charge in [0.25, 0.3) is 0 Å². The van der Waals surface area contributed by atoms with E-state index in [2.05, 4.69) is 63.9 Å². The molecular formula is C36H51N3O2. The number of hydrogen-bond donors (Lipinski definition) is 1. The highest BCUT2D eigenvalue weighted by molar-refractivity contribution is 6.04. The van der Waals surface area contributed by atoms with Gasteiger partial charge in [-0.05, 0) is 98.7 Å². The Bertz CT molecular complexity index is 1280. The van der Waals surface area contributed by atoms with Gasteiger partial charge in [0.15, 0.2) is 5.78 Å². The van der Waals surface area contributed by atoms with Crippen molar-refractivity contribution in [1.29, 1.82) is 5.26 Å². The predicted molar refractivity (Wildman–Crippen MR) is 163 cm³/mol. The van der Waals surface area contributed by atoms with Gasteiger partial charge in [0, 0.05) is 29.5 Å². The van der Waals surface area contributed by atoms with Crippen LogP contribution in [0.15, 0.2) is 35.5 Å². The lowest BCUT2D eigenvalue weighted by Gasteiger charge is -2.70. The Morgan fingerprint density at radius 2 is 1.76 bits per heavy atom. The summed E-state index contributed by atoms with van der Waals surface area (Å²) in [7, 11) is 0. The molecule has 3 saturated carbocycles. The molecule has 1 N–H and O–H groups in total. The fraction of sp³-hybridized carbons (Fsp3) is 0.750. The van der Waals surface area contributed by atoms with Crippen LogP contribution in [0.2, 0.25) is 0 Å². The third-order valence-corrected chi connectivity index (χ3v) is 13.7. The number of urea groups is 1. The zero-order valence-corrected chi connectivity index (χ0v) is 26.4. The second-order valence-corrected chi connectivity index (χ2v) is 16.1. The first-order chi connectivity index (χ1) is 19.2. The van der Waals surface area contributed by atoms with Crippen LogP contribution in [-0.4, -0.2) is 35.3 Å². The van der Waals surface area contributed by atoms with Crippen LogP contribution in [0.25, 0.3) is 0 Å². The summed E-state index contributed by atoms with van der Waals surface area (Å²) in [4.78, 5) is 29.1. The monoisotopic (exact) mass is 557 g/mol. The van der Waals surface area contributed by atoms with Gasteiger partial charge in [-0.15, -0.1) is 0 Å². The number of likely N-dealkylation sites (tertiary alicyclic amines) is 1. The smallest absolute Gasteiger partial charge is 0.317 e. The van der Waals surface area contributed by atoms with Gasteiger partial charge in [0.2, 0.25) is 0 Å². The molecule has 0 bridgehead atoms. The number of nitriles is 1. The van der Waals surface area contributed by atoms with Crippen LogP contribution >= 0.6 is 0 Å². The van der Waals surface area contributed by atoms with Gasteiger partial charge in [-0.25, -0.2) is 4.79 Å². The van der Waals surface area contributed by atoms with Crippen molar-refractivity contribution >= 4 is 11.8 Å². The minimum absolute atomic E-state index is 0.00449. The van der Waals surface area contributed by atoms with E-state index >= 15 is 0 Å². The fourth-order valence-electron chi connectivity index (χ4n) is 11.3. The summed E-state index contributed by atoms with van der Waals surface area (Å²) in [6, 6.07) is 2.41. The van der Waals surface area contributed by atoms with Crippen molar-refractivity contribution in [1.82, 2.24) is 10.2 Å². The number of nitrogens with one attached hydrogen (secondary N) is 1. The topological polar surface area (TPSA) is 73.2 Å². The molecule has 6 aliphatic rings. The molecule has 0 aromatic heterocycles. The Morgan fingerprint density at radius 1 is 1.05 bits per heavy atom. The Hall–Kier alpha value is -2.35. The van der Waals surface area contributed by atoms with Crippen LogP contribution in [0.4, 0.5) is 4.79 Å². The number of carbonyl (C=O) groups excluding carboxylic acids is 2. The van der Waals surface area contributed by atoms with Gasteiger partial charge in [0.1, 0.15) is 6.07 Å². The van der Waals surface area contributed by atoms with Crippen LogP contribution in [0.1, 0.15) is 106 Å². The Labute approximate surface area is 247 Å². The number of fused-ring (bicyclic) bond motifs is 7. The molecule has 2 unspecified atom stereocenters. The lowest BCUT2D eigenvalue weighted by Crippen LogP contribution is -2.68. The van der Waals surface area contributed by atoms with Crippen molar-refractivity contribution in [3.05, 3.63) is 35.5 Å². The lowest BCUT2D eigenvalue weighted by molar-refractivity contribution is -0.137. The van der Waals surface area contributed by atoms with Crippen LogP contribution < -0.4 is 5.32 Å². The summed E-state index contributed by atoms with van der Waals surface area (Å²) in [6.07, 6.45) is 15.3.